The number of nitrogens with one attached hydrogen (secondary N) is 1. The molecule has 1 fully saturated rings. The van der Waals surface area contributed by atoms with Crippen molar-refractivity contribution in [1.82, 2.24) is 9.62 Å². The highest BCUT2D eigenvalue weighted by Crippen LogP contribution is 2.38. The van der Waals surface area contributed by atoms with Crippen molar-refractivity contribution in [2.45, 2.75) is 89.1 Å². The minimum atomic E-state index is -1.73. The molecule has 0 spiro atoms. The number of amides is 1. The van der Waals surface area contributed by atoms with Gasteiger partial charge in [-0.05, 0) is 106 Å². The molecule has 3 aliphatic heterocycles. The monoisotopic (exact) mass is 687 g/mol. The van der Waals surface area contributed by atoms with Crippen LogP contribution in [0.25, 0.3) is 0 Å². The SMILES string of the molecule is CCCc1cc(Cl)ccc1C1COc2ccc3cc2N(CCC(CC)C/C=C/COC(C)(C)C(=O)NS3=O)C1.OCCN1CCCC1. The van der Waals surface area contributed by atoms with Crippen LogP contribution in [0.5, 0.6) is 5.75 Å². The average molecular weight is 688 g/mol. The van der Waals surface area contributed by atoms with Gasteiger partial charge in [0.25, 0.3) is 5.91 Å². The predicted molar refractivity (Wildman–Crippen MR) is 192 cm³/mol. The number of benzene rings is 2. The Morgan fingerprint density at radius 1 is 1.09 bits per heavy atom. The van der Waals surface area contributed by atoms with Crippen LogP contribution in [0, 0.1) is 5.92 Å². The number of aliphatic hydroxyl groups excluding tert-OH is 1. The van der Waals surface area contributed by atoms with Crippen molar-refractivity contribution in [1.29, 1.82) is 0 Å². The van der Waals surface area contributed by atoms with E-state index in [4.69, 9.17) is 26.2 Å². The summed E-state index contributed by atoms with van der Waals surface area (Å²) >= 11 is 6.37. The second-order valence-electron chi connectivity index (χ2n) is 13.2. The number of rotatable bonds is 6. The Morgan fingerprint density at radius 3 is 2.60 bits per heavy atom. The van der Waals surface area contributed by atoms with E-state index in [2.05, 4.69) is 46.6 Å². The zero-order valence-corrected chi connectivity index (χ0v) is 30.2. The molecule has 0 radical (unpaired) electrons. The maximum atomic E-state index is 13.2. The minimum absolute atomic E-state index is 0.161. The van der Waals surface area contributed by atoms with Gasteiger partial charge in [-0.2, -0.15) is 0 Å². The number of aliphatic hydroxyl groups is 1. The highest BCUT2D eigenvalue weighted by molar-refractivity contribution is 7.83. The average Bonchev–Trinajstić information content (AvgIpc) is 3.50. The standard InChI is InChI=1S/C31H41ClN2O4S.C6H13NO/c1-5-9-23-18-25(32)11-13-27(23)24-20-34-16-15-22(6-2)10-7-8-17-38-31(3,4)30(35)33-39(36)26-12-14-29(37-21-24)28(34)19-26;8-6-5-7-3-1-2-4-7/h7-8,11-14,18-19,22,24H,5-6,9-10,15-17,20-21H2,1-4H3,(H,33,35);8H,1-6H2/b8-7+;. The van der Waals surface area contributed by atoms with Crippen LogP contribution in [0.4, 0.5) is 5.69 Å². The predicted octanol–water partition coefficient (Wildman–Crippen LogP) is 6.66. The quantitative estimate of drug-likeness (QED) is 0.328. The van der Waals surface area contributed by atoms with Gasteiger partial charge in [0, 0.05) is 30.6 Å². The number of nitrogens with zero attached hydrogens (tertiary/aromatic N) is 2. The molecule has 3 aliphatic rings. The van der Waals surface area contributed by atoms with Gasteiger partial charge in [0.1, 0.15) is 11.4 Å². The van der Waals surface area contributed by atoms with Gasteiger partial charge in [0.05, 0.1) is 30.4 Å². The van der Waals surface area contributed by atoms with Gasteiger partial charge >= 0.3 is 0 Å². The third kappa shape index (κ3) is 10.8. The first kappa shape index (κ1) is 37.4. The molecule has 2 bridgehead atoms. The normalized spacial score (nSPS) is 24.3. The molecule has 3 atom stereocenters. The van der Waals surface area contributed by atoms with Crippen molar-refractivity contribution in [3.63, 3.8) is 0 Å². The molecular weight excluding hydrogens is 634 g/mol. The van der Waals surface area contributed by atoms with Crippen LogP contribution in [0.1, 0.15) is 83.3 Å². The number of carbonyl (C=O) groups excluding carboxylic acids is 1. The van der Waals surface area contributed by atoms with Crippen molar-refractivity contribution in [3.8, 4) is 5.75 Å². The highest BCUT2D eigenvalue weighted by atomic mass is 35.5. The molecule has 260 valence electrons. The summed E-state index contributed by atoms with van der Waals surface area (Å²) in [6, 6.07) is 11.8. The van der Waals surface area contributed by atoms with Crippen LogP contribution in [0.15, 0.2) is 53.4 Å². The van der Waals surface area contributed by atoms with Crippen LogP contribution in [0.3, 0.4) is 0 Å². The van der Waals surface area contributed by atoms with Gasteiger partial charge in [-0.3, -0.25) is 9.52 Å². The first-order valence-electron chi connectivity index (χ1n) is 17.3. The molecule has 0 saturated carbocycles. The fourth-order valence-electron chi connectivity index (χ4n) is 6.37. The molecule has 1 saturated heterocycles. The zero-order valence-electron chi connectivity index (χ0n) is 28.6. The van der Waals surface area contributed by atoms with Crippen molar-refractivity contribution in [2.75, 3.05) is 57.4 Å². The summed E-state index contributed by atoms with van der Waals surface area (Å²) in [5.41, 5.74) is 2.35. The van der Waals surface area contributed by atoms with Crippen molar-refractivity contribution >= 4 is 34.2 Å². The van der Waals surface area contributed by atoms with E-state index in [1.165, 1.54) is 37.1 Å². The number of carbonyl (C=O) groups is 1. The molecule has 47 heavy (non-hydrogen) atoms. The summed E-state index contributed by atoms with van der Waals surface area (Å²) in [6.07, 6.45) is 11.8. The number of allylic oxidation sites excluding steroid dienone is 1. The van der Waals surface area contributed by atoms with Crippen molar-refractivity contribution in [3.05, 3.63) is 64.7 Å². The molecule has 0 aromatic heterocycles. The first-order chi connectivity index (χ1) is 22.6. The van der Waals surface area contributed by atoms with Crippen LogP contribution in [-0.2, 0) is 26.9 Å². The van der Waals surface area contributed by atoms with E-state index in [1.807, 2.05) is 24.3 Å². The molecule has 2 N–H and O–H groups in total. The summed E-state index contributed by atoms with van der Waals surface area (Å²) in [4.78, 5) is 18.1. The Labute approximate surface area is 289 Å². The van der Waals surface area contributed by atoms with E-state index in [9.17, 15) is 9.00 Å². The summed E-state index contributed by atoms with van der Waals surface area (Å²) in [6.45, 7) is 13.9. The van der Waals surface area contributed by atoms with Gasteiger partial charge in [-0.25, -0.2) is 4.21 Å². The molecular formula is C37H54ClN3O5S. The molecule has 3 unspecified atom stereocenters. The number of fused-ring (bicyclic) bond motifs is 1. The van der Waals surface area contributed by atoms with Crippen LogP contribution < -0.4 is 14.4 Å². The zero-order chi connectivity index (χ0) is 33.8. The molecule has 10 heteroatoms. The fraction of sp³-hybridized carbons (Fsp3) is 0.595. The topological polar surface area (TPSA) is 91.3 Å². The fourth-order valence-corrected chi connectivity index (χ4v) is 7.50. The third-order valence-corrected chi connectivity index (χ3v) is 10.6. The Morgan fingerprint density at radius 2 is 1.87 bits per heavy atom. The number of hydrogen-bond acceptors (Lipinski definition) is 7. The lowest BCUT2D eigenvalue weighted by Crippen LogP contribution is -2.45. The summed E-state index contributed by atoms with van der Waals surface area (Å²) in [7, 11) is -1.73. The Bertz CT molecular complexity index is 1360. The second-order valence-corrected chi connectivity index (χ2v) is 14.9. The number of likely N-dealkylation sites (tertiary alicyclic amines) is 1. The summed E-state index contributed by atoms with van der Waals surface area (Å²) in [5, 5.41) is 9.24. The number of β-amino-alcohol motifs (C(OH)–C–C–N with tert-alkyl or cyclic N) is 1. The van der Waals surface area contributed by atoms with Crippen LogP contribution >= 0.6 is 11.6 Å². The van der Waals surface area contributed by atoms with Crippen LogP contribution in [-0.4, -0.2) is 78.3 Å². The smallest absolute Gasteiger partial charge is 0.263 e. The van der Waals surface area contributed by atoms with Gasteiger partial charge in [-0.15, -0.1) is 0 Å². The van der Waals surface area contributed by atoms with Gasteiger partial charge in [0.2, 0.25) is 0 Å². The number of hydrogen-bond donors (Lipinski definition) is 2. The van der Waals surface area contributed by atoms with Gasteiger partial charge in [-0.1, -0.05) is 56.5 Å². The summed E-state index contributed by atoms with van der Waals surface area (Å²) in [5.74, 6) is 1.03. The number of ether oxygens (including phenoxy) is 2. The molecule has 3 heterocycles. The lowest BCUT2D eigenvalue weighted by Gasteiger charge is -2.29. The number of anilines is 1. The maximum absolute atomic E-state index is 13.2. The van der Waals surface area contributed by atoms with Crippen LogP contribution in [0.2, 0.25) is 5.02 Å². The number of halogens is 1. The van der Waals surface area contributed by atoms with Crippen molar-refractivity contribution in [2.24, 2.45) is 5.92 Å². The van der Waals surface area contributed by atoms with Crippen molar-refractivity contribution < 1.29 is 23.6 Å². The molecule has 1 amide bonds. The maximum Gasteiger partial charge on any atom is 0.263 e. The molecule has 2 aromatic rings. The van der Waals surface area contributed by atoms with E-state index >= 15 is 0 Å². The Balaban J connectivity index is 0.000000546. The lowest BCUT2D eigenvalue weighted by atomic mass is 9.91. The van der Waals surface area contributed by atoms with Gasteiger partial charge in [0.15, 0.2) is 11.0 Å². The number of aryl methyl sites for hydroxylation is 1. The first-order valence-corrected chi connectivity index (χ1v) is 18.8. The Hall–Kier alpha value is -2.43. The molecule has 8 nitrogen and oxygen atoms in total. The molecule has 5 rings (SSSR count). The van der Waals surface area contributed by atoms with E-state index in [1.54, 1.807) is 19.9 Å². The Kier molecular flexibility index (Phi) is 14.6. The minimum Gasteiger partial charge on any atom is -0.491 e. The van der Waals surface area contributed by atoms with Gasteiger partial charge < -0.3 is 24.4 Å². The van der Waals surface area contributed by atoms with E-state index in [0.717, 1.165) is 68.2 Å². The summed E-state index contributed by atoms with van der Waals surface area (Å²) < 4.78 is 28.1. The van der Waals surface area contributed by atoms with E-state index in [-0.39, 0.29) is 5.92 Å². The molecule has 2 aromatic carbocycles. The lowest BCUT2D eigenvalue weighted by molar-refractivity contribution is -0.139. The second kappa shape index (κ2) is 18.4. The largest absolute Gasteiger partial charge is 0.491 e. The van der Waals surface area contributed by atoms with E-state index < -0.39 is 22.5 Å². The highest BCUT2D eigenvalue weighted by Gasteiger charge is 2.31. The third-order valence-electron chi connectivity index (χ3n) is 9.34. The molecule has 0 aliphatic carbocycles. The van der Waals surface area contributed by atoms with E-state index in [0.29, 0.717) is 30.6 Å².